The zero-order valence-electron chi connectivity index (χ0n) is 14.7. The number of fused-ring (bicyclic) bond motifs is 1. The Hall–Kier alpha value is -2.81. The highest BCUT2D eigenvalue weighted by Gasteiger charge is 2.17. The molecular formula is C18H17F2N3O3S. The topological polar surface area (TPSA) is 73.1 Å². The Bertz CT molecular complexity index is 1130. The number of aromatic nitrogens is 2. The summed E-state index contributed by atoms with van der Waals surface area (Å²) in [6, 6.07) is 4.37. The molecule has 27 heavy (non-hydrogen) atoms. The van der Waals surface area contributed by atoms with Crippen LogP contribution < -0.4 is 16.6 Å². The van der Waals surface area contributed by atoms with Crippen LogP contribution in [0.15, 0.2) is 39.2 Å². The first kappa shape index (κ1) is 19.0. The second-order valence-electron chi connectivity index (χ2n) is 6.49. The van der Waals surface area contributed by atoms with Crippen LogP contribution in [0, 0.1) is 17.6 Å². The summed E-state index contributed by atoms with van der Waals surface area (Å²) < 4.78 is 29.4. The third-order valence-corrected chi connectivity index (χ3v) is 4.78. The van der Waals surface area contributed by atoms with Gasteiger partial charge >= 0.3 is 5.69 Å². The standard InChI is InChI=1S/C18H17F2N3O3S/c1-10(2)8-23-17(25)16-14(5-6-27-16)22(18(23)26)9-15(24)21-13-4-3-11(19)7-12(13)20/h3-7,10H,8-9H2,1-2H3,(H,21,24). The third-order valence-electron chi connectivity index (χ3n) is 3.89. The summed E-state index contributed by atoms with van der Waals surface area (Å²) >= 11 is 1.19. The number of hydrogen-bond acceptors (Lipinski definition) is 4. The normalized spacial score (nSPS) is 11.3. The van der Waals surface area contributed by atoms with Crippen LogP contribution >= 0.6 is 11.3 Å². The molecule has 6 nitrogen and oxygen atoms in total. The van der Waals surface area contributed by atoms with Crippen LogP contribution in [-0.4, -0.2) is 15.0 Å². The fraction of sp³-hybridized carbons (Fsp3) is 0.278. The van der Waals surface area contributed by atoms with E-state index in [9.17, 15) is 23.2 Å². The van der Waals surface area contributed by atoms with E-state index in [1.54, 1.807) is 11.4 Å². The molecule has 0 aliphatic carbocycles. The molecule has 142 valence electrons. The number of thiophene rings is 1. The summed E-state index contributed by atoms with van der Waals surface area (Å²) in [5.41, 5.74) is -0.828. The highest BCUT2D eigenvalue weighted by molar-refractivity contribution is 7.17. The van der Waals surface area contributed by atoms with Crippen LogP contribution in [0.4, 0.5) is 14.5 Å². The predicted octanol–water partition coefficient (Wildman–Crippen LogP) is 2.80. The molecule has 3 aromatic rings. The molecule has 0 bridgehead atoms. The fourth-order valence-electron chi connectivity index (χ4n) is 2.74. The number of carbonyl (C=O) groups is 1. The van der Waals surface area contributed by atoms with Gasteiger partial charge in [0, 0.05) is 12.6 Å². The van der Waals surface area contributed by atoms with E-state index in [0.717, 1.165) is 16.7 Å². The molecule has 9 heteroatoms. The lowest BCUT2D eigenvalue weighted by Gasteiger charge is -2.13. The third kappa shape index (κ3) is 3.82. The van der Waals surface area contributed by atoms with Gasteiger partial charge in [0.2, 0.25) is 5.91 Å². The van der Waals surface area contributed by atoms with E-state index in [1.165, 1.54) is 15.9 Å². The highest BCUT2D eigenvalue weighted by Crippen LogP contribution is 2.17. The van der Waals surface area contributed by atoms with Gasteiger partial charge in [-0.1, -0.05) is 13.8 Å². The van der Waals surface area contributed by atoms with Crippen molar-refractivity contribution in [2.24, 2.45) is 5.92 Å². The number of anilines is 1. The van der Waals surface area contributed by atoms with E-state index < -0.39 is 29.8 Å². The van der Waals surface area contributed by atoms with Crippen molar-refractivity contribution < 1.29 is 13.6 Å². The van der Waals surface area contributed by atoms with E-state index >= 15 is 0 Å². The molecule has 1 aromatic carbocycles. The average Bonchev–Trinajstić information content (AvgIpc) is 3.07. The number of rotatable bonds is 5. The minimum Gasteiger partial charge on any atom is -0.322 e. The van der Waals surface area contributed by atoms with Gasteiger partial charge in [0.25, 0.3) is 5.56 Å². The zero-order chi connectivity index (χ0) is 19.7. The van der Waals surface area contributed by atoms with Crippen molar-refractivity contribution in [3.63, 3.8) is 0 Å². The predicted molar refractivity (Wildman–Crippen MR) is 100 cm³/mol. The number of carbonyl (C=O) groups excluding carboxylic acids is 1. The van der Waals surface area contributed by atoms with Crippen molar-refractivity contribution in [2.75, 3.05) is 5.32 Å². The number of hydrogen-bond donors (Lipinski definition) is 1. The van der Waals surface area contributed by atoms with E-state index in [2.05, 4.69) is 5.32 Å². The molecule has 0 fully saturated rings. The molecule has 2 heterocycles. The first-order valence-corrected chi connectivity index (χ1v) is 9.11. The van der Waals surface area contributed by atoms with Crippen LogP contribution in [-0.2, 0) is 17.9 Å². The first-order chi connectivity index (χ1) is 12.8. The molecule has 1 amide bonds. The highest BCUT2D eigenvalue weighted by atomic mass is 32.1. The number of halogens is 2. The van der Waals surface area contributed by atoms with Crippen molar-refractivity contribution in [1.29, 1.82) is 0 Å². The maximum atomic E-state index is 13.7. The Morgan fingerprint density at radius 3 is 2.59 bits per heavy atom. The Morgan fingerprint density at radius 2 is 1.93 bits per heavy atom. The number of amides is 1. The molecule has 0 atom stereocenters. The van der Waals surface area contributed by atoms with Gasteiger partial charge in [0.1, 0.15) is 22.9 Å². The first-order valence-electron chi connectivity index (χ1n) is 8.23. The fourth-order valence-corrected chi connectivity index (χ4v) is 3.58. The maximum absolute atomic E-state index is 13.7. The summed E-state index contributed by atoms with van der Waals surface area (Å²) in [4.78, 5) is 37.6. The lowest BCUT2D eigenvalue weighted by Crippen LogP contribution is -2.42. The molecule has 2 aromatic heterocycles. The Morgan fingerprint density at radius 1 is 1.19 bits per heavy atom. The second kappa shape index (κ2) is 7.43. The summed E-state index contributed by atoms with van der Waals surface area (Å²) in [6.07, 6.45) is 0. The summed E-state index contributed by atoms with van der Waals surface area (Å²) in [5.74, 6) is -2.28. The molecule has 0 spiro atoms. The van der Waals surface area contributed by atoms with Crippen LogP contribution in [0.5, 0.6) is 0 Å². The molecule has 0 unspecified atom stereocenters. The summed E-state index contributed by atoms with van der Waals surface area (Å²) in [7, 11) is 0. The van der Waals surface area contributed by atoms with Gasteiger partial charge in [0.15, 0.2) is 0 Å². The zero-order valence-corrected chi connectivity index (χ0v) is 15.5. The molecule has 0 radical (unpaired) electrons. The number of nitrogens with zero attached hydrogens (tertiary/aromatic N) is 2. The lowest BCUT2D eigenvalue weighted by molar-refractivity contribution is -0.116. The quantitative estimate of drug-likeness (QED) is 0.725. The molecular weight excluding hydrogens is 376 g/mol. The van der Waals surface area contributed by atoms with E-state index in [0.29, 0.717) is 16.3 Å². The van der Waals surface area contributed by atoms with Crippen LogP contribution in [0.2, 0.25) is 0 Å². The molecule has 0 aliphatic heterocycles. The van der Waals surface area contributed by atoms with Gasteiger partial charge in [-0.05, 0) is 29.5 Å². The van der Waals surface area contributed by atoms with Crippen LogP contribution in [0.25, 0.3) is 10.2 Å². The maximum Gasteiger partial charge on any atom is 0.332 e. The van der Waals surface area contributed by atoms with E-state index in [1.807, 2.05) is 13.8 Å². The Labute approximate surface area is 156 Å². The van der Waals surface area contributed by atoms with Gasteiger partial charge in [0.05, 0.1) is 11.2 Å². The second-order valence-corrected chi connectivity index (χ2v) is 7.40. The van der Waals surface area contributed by atoms with Crippen molar-refractivity contribution in [1.82, 2.24) is 9.13 Å². The monoisotopic (exact) mass is 393 g/mol. The van der Waals surface area contributed by atoms with Crippen molar-refractivity contribution in [2.45, 2.75) is 26.9 Å². The molecule has 0 saturated heterocycles. The largest absolute Gasteiger partial charge is 0.332 e. The minimum atomic E-state index is -0.916. The SMILES string of the molecule is CC(C)Cn1c(=O)c2sccc2n(CC(=O)Nc2ccc(F)cc2F)c1=O. The van der Waals surface area contributed by atoms with Crippen LogP contribution in [0.1, 0.15) is 13.8 Å². The van der Waals surface area contributed by atoms with E-state index in [4.69, 9.17) is 0 Å². The molecule has 1 N–H and O–H groups in total. The van der Waals surface area contributed by atoms with Crippen LogP contribution in [0.3, 0.4) is 0 Å². The van der Waals surface area contributed by atoms with Crippen molar-refractivity contribution in [3.8, 4) is 0 Å². The molecule has 0 saturated carbocycles. The van der Waals surface area contributed by atoms with Gasteiger partial charge in [-0.3, -0.25) is 18.7 Å². The summed E-state index contributed by atoms with van der Waals surface area (Å²) in [6.45, 7) is 3.57. The Kier molecular flexibility index (Phi) is 5.22. The number of nitrogens with one attached hydrogen (secondary N) is 1. The molecule has 0 aliphatic rings. The van der Waals surface area contributed by atoms with Gasteiger partial charge in [-0.2, -0.15) is 0 Å². The van der Waals surface area contributed by atoms with Gasteiger partial charge < -0.3 is 5.32 Å². The van der Waals surface area contributed by atoms with Crippen molar-refractivity contribution in [3.05, 3.63) is 62.1 Å². The average molecular weight is 393 g/mol. The Balaban J connectivity index is 1.98. The lowest BCUT2D eigenvalue weighted by atomic mass is 10.2. The molecule has 3 rings (SSSR count). The number of benzene rings is 1. The summed E-state index contributed by atoms with van der Waals surface area (Å²) in [5, 5.41) is 3.99. The van der Waals surface area contributed by atoms with Gasteiger partial charge in [-0.25, -0.2) is 13.6 Å². The van der Waals surface area contributed by atoms with Gasteiger partial charge in [-0.15, -0.1) is 11.3 Å². The minimum absolute atomic E-state index is 0.0587. The smallest absolute Gasteiger partial charge is 0.322 e. The van der Waals surface area contributed by atoms with Crippen molar-refractivity contribution >= 4 is 33.1 Å². The van der Waals surface area contributed by atoms with E-state index in [-0.39, 0.29) is 23.7 Å².